The van der Waals surface area contributed by atoms with E-state index in [2.05, 4.69) is 10.3 Å². The number of nitrogens with zero attached hydrogens (tertiary/aromatic N) is 2. The molecule has 5 nitrogen and oxygen atoms in total. The maximum absolute atomic E-state index is 13.1. The smallest absolute Gasteiger partial charge is 0.287 e. The van der Waals surface area contributed by atoms with Crippen molar-refractivity contribution < 1.29 is 13.7 Å². The van der Waals surface area contributed by atoms with E-state index >= 15 is 0 Å². The molecule has 104 valence electrons. The Hall–Kier alpha value is -2.57. The Kier molecular flexibility index (Phi) is 3.88. The summed E-state index contributed by atoms with van der Waals surface area (Å²) in [6.07, 6.45) is 1.13. The van der Waals surface area contributed by atoms with Crippen LogP contribution in [0.5, 0.6) is 0 Å². The lowest BCUT2D eigenvalue weighted by molar-refractivity contribution is -0.385. The summed E-state index contributed by atoms with van der Waals surface area (Å²) in [5.74, 6) is -1.42. The van der Waals surface area contributed by atoms with Crippen molar-refractivity contribution in [1.82, 2.24) is 4.98 Å². The maximum Gasteiger partial charge on any atom is 0.287 e. The number of nitrogens with one attached hydrogen (secondary N) is 1. The quantitative estimate of drug-likeness (QED) is 0.687. The largest absolute Gasteiger partial charge is 0.364 e. The highest BCUT2D eigenvalue weighted by molar-refractivity contribution is 5.42. The molecular formula is C13H11F2N3O2. The molecule has 1 unspecified atom stereocenters. The molecule has 0 fully saturated rings. The summed E-state index contributed by atoms with van der Waals surface area (Å²) < 4.78 is 26.0. The first-order chi connectivity index (χ1) is 9.47. The molecule has 1 heterocycles. The predicted molar refractivity (Wildman–Crippen MR) is 69.3 cm³/mol. The van der Waals surface area contributed by atoms with Crippen LogP contribution in [0.2, 0.25) is 0 Å². The van der Waals surface area contributed by atoms with Crippen LogP contribution in [0, 0.1) is 21.7 Å². The predicted octanol–water partition coefficient (Wildman–Crippen LogP) is 3.44. The Bertz CT molecular complexity index is 632. The molecular weight excluding hydrogens is 268 g/mol. The SMILES string of the molecule is CC(Nc1ccc([N+](=O)[O-])cn1)c1ccc(F)c(F)c1. The molecule has 0 saturated carbocycles. The van der Waals surface area contributed by atoms with E-state index in [-0.39, 0.29) is 11.7 Å². The van der Waals surface area contributed by atoms with Gasteiger partial charge in [-0.05, 0) is 30.7 Å². The monoisotopic (exact) mass is 279 g/mol. The van der Waals surface area contributed by atoms with E-state index in [1.807, 2.05) is 0 Å². The van der Waals surface area contributed by atoms with Gasteiger partial charge in [-0.25, -0.2) is 13.8 Å². The molecule has 1 N–H and O–H groups in total. The summed E-state index contributed by atoms with van der Waals surface area (Å²) in [5.41, 5.74) is 0.431. The summed E-state index contributed by atoms with van der Waals surface area (Å²) in [6.45, 7) is 1.75. The van der Waals surface area contributed by atoms with Gasteiger partial charge >= 0.3 is 0 Å². The lowest BCUT2D eigenvalue weighted by Gasteiger charge is -2.14. The highest BCUT2D eigenvalue weighted by Crippen LogP contribution is 2.21. The fourth-order valence-corrected chi connectivity index (χ4v) is 1.67. The van der Waals surface area contributed by atoms with Crippen LogP contribution in [0.4, 0.5) is 20.3 Å². The van der Waals surface area contributed by atoms with Gasteiger partial charge in [-0.15, -0.1) is 0 Å². The average Bonchev–Trinajstić information content (AvgIpc) is 2.42. The molecule has 0 amide bonds. The Morgan fingerprint density at radius 3 is 2.55 bits per heavy atom. The highest BCUT2D eigenvalue weighted by Gasteiger charge is 2.11. The Morgan fingerprint density at radius 1 is 1.25 bits per heavy atom. The Morgan fingerprint density at radius 2 is 2.00 bits per heavy atom. The molecule has 0 aliphatic carbocycles. The molecule has 0 aliphatic rings. The van der Waals surface area contributed by atoms with E-state index in [1.54, 1.807) is 6.92 Å². The summed E-state index contributed by atoms with van der Waals surface area (Å²) in [6, 6.07) is 6.05. The van der Waals surface area contributed by atoms with E-state index in [9.17, 15) is 18.9 Å². The minimum Gasteiger partial charge on any atom is -0.364 e. The van der Waals surface area contributed by atoms with Crippen molar-refractivity contribution in [2.24, 2.45) is 0 Å². The van der Waals surface area contributed by atoms with Gasteiger partial charge in [0.2, 0.25) is 0 Å². The van der Waals surface area contributed by atoms with E-state index in [4.69, 9.17) is 0 Å². The number of aromatic nitrogens is 1. The zero-order valence-electron chi connectivity index (χ0n) is 10.5. The molecule has 7 heteroatoms. The second-order valence-corrected chi connectivity index (χ2v) is 4.20. The van der Waals surface area contributed by atoms with Gasteiger partial charge in [-0.3, -0.25) is 10.1 Å². The van der Waals surface area contributed by atoms with E-state index < -0.39 is 16.6 Å². The fourth-order valence-electron chi connectivity index (χ4n) is 1.67. The Labute approximate surface area is 113 Å². The van der Waals surface area contributed by atoms with Crippen molar-refractivity contribution >= 4 is 11.5 Å². The van der Waals surface area contributed by atoms with Crippen LogP contribution < -0.4 is 5.32 Å². The molecule has 1 atom stereocenters. The number of halogens is 2. The van der Waals surface area contributed by atoms with Gasteiger partial charge in [0, 0.05) is 6.07 Å². The minimum atomic E-state index is -0.923. The second kappa shape index (κ2) is 5.60. The van der Waals surface area contributed by atoms with E-state index in [1.165, 1.54) is 18.2 Å². The molecule has 1 aromatic carbocycles. The molecule has 20 heavy (non-hydrogen) atoms. The van der Waals surface area contributed by atoms with Crippen molar-refractivity contribution in [1.29, 1.82) is 0 Å². The number of benzene rings is 1. The minimum absolute atomic E-state index is 0.115. The van der Waals surface area contributed by atoms with Crippen molar-refractivity contribution in [3.63, 3.8) is 0 Å². The van der Waals surface area contributed by atoms with Crippen LogP contribution in [0.15, 0.2) is 36.5 Å². The summed E-state index contributed by atoms with van der Waals surface area (Å²) in [7, 11) is 0. The van der Waals surface area contributed by atoms with Gasteiger partial charge in [0.25, 0.3) is 5.69 Å². The van der Waals surface area contributed by atoms with Gasteiger partial charge in [-0.1, -0.05) is 6.07 Å². The van der Waals surface area contributed by atoms with Gasteiger partial charge in [0.05, 0.1) is 11.0 Å². The molecule has 0 saturated heterocycles. The number of hydrogen-bond acceptors (Lipinski definition) is 4. The number of rotatable bonds is 4. The van der Waals surface area contributed by atoms with Gasteiger partial charge in [-0.2, -0.15) is 0 Å². The number of nitro groups is 1. The first-order valence-corrected chi connectivity index (χ1v) is 5.79. The van der Waals surface area contributed by atoms with E-state index in [0.29, 0.717) is 11.4 Å². The fraction of sp³-hybridized carbons (Fsp3) is 0.154. The lowest BCUT2D eigenvalue weighted by Crippen LogP contribution is -2.08. The average molecular weight is 279 g/mol. The second-order valence-electron chi connectivity index (χ2n) is 4.20. The zero-order chi connectivity index (χ0) is 14.7. The van der Waals surface area contributed by atoms with Crippen molar-refractivity contribution in [3.8, 4) is 0 Å². The number of anilines is 1. The molecule has 0 aliphatic heterocycles. The van der Waals surface area contributed by atoms with Crippen molar-refractivity contribution in [3.05, 3.63) is 63.8 Å². The lowest BCUT2D eigenvalue weighted by atomic mass is 10.1. The van der Waals surface area contributed by atoms with Crippen LogP contribution in [-0.4, -0.2) is 9.91 Å². The third-order valence-corrected chi connectivity index (χ3v) is 2.77. The first kappa shape index (κ1) is 13.9. The molecule has 2 rings (SSSR count). The molecule has 0 radical (unpaired) electrons. The number of hydrogen-bond donors (Lipinski definition) is 1. The molecule has 0 bridgehead atoms. The summed E-state index contributed by atoms with van der Waals surface area (Å²) in [4.78, 5) is 13.8. The standard InChI is InChI=1S/C13H11F2N3O2/c1-8(9-2-4-11(14)12(15)6-9)17-13-5-3-10(7-16-13)18(19)20/h2-8H,1H3,(H,16,17). The van der Waals surface area contributed by atoms with Gasteiger partial charge < -0.3 is 5.32 Å². The number of pyridine rings is 1. The van der Waals surface area contributed by atoms with Crippen molar-refractivity contribution in [2.45, 2.75) is 13.0 Å². The highest BCUT2D eigenvalue weighted by atomic mass is 19.2. The molecule has 1 aromatic heterocycles. The van der Waals surface area contributed by atoms with Gasteiger partial charge in [0.1, 0.15) is 12.0 Å². The Balaban J connectivity index is 2.12. The van der Waals surface area contributed by atoms with Crippen LogP contribution in [0.3, 0.4) is 0 Å². The molecule has 0 spiro atoms. The van der Waals surface area contributed by atoms with Crippen LogP contribution in [0.25, 0.3) is 0 Å². The third kappa shape index (κ3) is 3.05. The summed E-state index contributed by atoms with van der Waals surface area (Å²) >= 11 is 0. The third-order valence-electron chi connectivity index (χ3n) is 2.77. The van der Waals surface area contributed by atoms with Crippen molar-refractivity contribution in [2.75, 3.05) is 5.32 Å². The first-order valence-electron chi connectivity index (χ1n) is 5.79. The van der Waals surface area contributed by atoms with Crippen LogP contribution >= 0.6 is 0 Å². The normalized spacial score (nSPS) is 11.9. The zero-order valence-corrected chi connectivity index (χ0v) is 10.5. The maximum atomic E-state index is 13.1. The van der Waals surface area contributed by atoms with E-state index in [0.717, 1.165) is 18.3 Å². The molecule has 2 aromatic rings. The van der Waals surface area contributed by atoms with Crippen LogP contribution in [-0.2, 0) is 0 Å². The summed E-state index contributed by atoms with van der Waals surface area (Å²) in [5, 5.41) is 13.4. The van der Waals surface area contributed by atoms with Crippen LogP contribution in [0.1, 0.15) is 18.5 Å². The topological polar surface area (TPSA) is 68.1 Å². The van der Waals surface area contributed by atoms with Gasteiger partial charge in [0.15, 0.2) is 11.6 Å².